The molecule has 1 spiro atoms. The van der Waals surface area contributed by atoms with Crippen LogP contribution in [0.1, 0.15) is 57.0 Å². The van der Waals surface area contributed by atoms with Crippen molar-refractivity contribution in [1.82, 2.24) is 14.5 Å². The van der Waals surface area contributed by atoms with E-state index in [1.54, 1.807) is 0 Å². The maximum Gasteiger partial charge on any atom is 0.224 e. The number of piperidine rings is 1. The van der Waals surface area contributed by atoms with E-state index in [4.69, 9.17) is 9.47 Å². The number of rotatable bonds is 3. The molecule has 6 rings (SSSR count). The fraction of sp³-hybridized carbons (Fsp3) is 0.517. The van der Waals surface area contributed by atoms with Crippen molar-refractivity contribution < 1.29 is 14.3 Å². The van der Waals surface area contributed by atoms with Gasteiger partial charge in [0.1, 0.15) is 17.2 Å². The number of amides is 1. The monoisotopic (exact) mass is 473 g/mol. The summed E-state index contributed by atoms with van der Waals surface area (Å²) in [6.07, 6.45) is 3.67. The van der Waals surface area contributed by atoms with Crippen molar-refractivity contribution in [3.8, 4) is 5.75 Å². The predicted molar refractivity (Wildman–Crippen MR) is 135 cm³/mol. The molecule has 0 N–H and O–H groups in total. The molecule has 2 aromatic carbocycles. The fourth-order valence-corrected chi connectivity index (χ4v) is 6.52. The van der Waals surface area contributed by atoms with Crippen LogP contribution in [0.3, 0.4) is 0 Å². The molecule has 184 valence electrons. The summed E-state index contributed by atoms with van der Waals surface area (Å²) in [4.78, 5) is 19.8. The van der Waals surface area contributed by atoms with E-state index < -0.39 is 0 Å². The predicted octanol–water partition coefficient (Wildman–Crippen LogP) is 5.29. The lowest BCUT2D eigenvalue weighted by molar-refractivity contribution is -0.176. The number of para-hydroxylation sites is 3. The van der Waals surface area contributed by atoms with Crippen LogP contribution in [-0.4, -0.2) is 45.7 Å². The quantitative estimate of drug-likeness (QED) is 0.519. The maximum atomic E-state index is 13.1. The number of aromatic nitrogens is 2. The number of carbonyl (C=O) groups excluding carboxylic acids is 1. The number of carbonyl (C=O) groups is 1. The van der Waals surface area contributed by atoms with E-state index in [0.29, 0.717) is 18.9 Å². The minimum absolute atomic E-state index is 0.0912. The summed E-state index contributed by atoms with van der Waals surface area (Å²) in [7, 11) is 0. The first kappa shape index (κ1) is 22.6. The zero-order valence-electron chi connectivity index (χ0n) is 21.0. The average Bonchev–Trinajstić information content (AvgIpc) is 3.18. The third kappa shape index (κ3) is 3.92. The Morgan fingerprint density at radius 1 is 1.09 bits per heavy atom. The Hall–Kier alpha value is -2.86. The third-order valence-electron chi connectivity index (χ3n) is 8.65. The molecule has 1 amide bonds. The van der Waals surface area contributed by atoms with Crippen LogP contribution in [-0.2, 0) is 16.1 Å². The molecule has 2 fully saturated rings. The molecule has 1 aromatic heterocycles. The van der Waals surface area contributed by atoms with Crippen LogP contribution >= 0.6 is 0 Å². The van der Waals surface area contributed by atoms with Crippen molar-refractivity contribution in [3.05, 3.63) is 59.9 Å². The maximum absolute atomic E-state index is 13.1. The Kier molecular flexibility index (Phi) is 5.40. The second-order valence-corrected chi connectivity index (χ2v) is 11.2. The largest absolute Gasteiger partial charge is 0.487 e. The van der Waals surface area contributed by atoms with Gasteiger partial charge in [-0.1, -0.05) is 30.3 Å². The van der Waals surface area contributed by atoms with Crippen molar-refractivity contribution >= 4 is 16.9 Å². The molecule has 0 radical (unpaired) electrons. The van der Waals surface area contributed by atoms with Gasteiger partial charge >= 0.3 is 0 Å². The van der Waals surface area contributed by atoms with Crippen LogP contribution < -0.4 is 4.74 Å². The number of hydrogen-bond acceptors (Lipinski definition) is 4. The van der Waals surface area contributed by atoms with Crippen LogP contribution in [0.4, 0.5) is 0 Å². The summed E-state index contributed by atoms with van der Waals surface area (Å²) in [5, 5.41) is 0. The van der Waals surface area contributed by atoms with E-state index in [1.165, 1.54) is 5.56 Å². The number of nitrogens with zero attached hydrogens (tertiary/aromatic N) is 3. The molecule has 2 atom stereocenters. The van der Waals surface area contributed by atoms with Gasteiger partial charge in [-0.2, -0.15) is 0 Å². The van der Waals surface area contributed by atoms with E-state index in [2.05, 4.69) is 52.6 Å². The summed E-state index contributed by atoms with van der Waals surface area (Å²) in [5.74, 6) is 2.47. The molecular weight excluding hydrogens is 438 g/mol. The van der Waals surface area contributed by atoms with Crippen molar-refractivity contribution in [2.45, 2.75) is 64.7 Å². The fourth-order valence-electron chi connectivity index (χ4n) is 6.52. The first-order valence-corrected chi connectivity index (χ1v) is 12.9. The molecule has 3 aromatic rings. The van der Waals surface area contributed by atoms with Crippen LogP contribution in [0.25, 0.3) is 11.0 Å². The van der Waals surface area contributed by atoms with Gasteiger partial charge in [0.25, 0.3) is 0 Å². The number of benzene rings is 2. The molecule has 35 heavy (non-hydrogen) atoms. The van der Waals surface area contributed by atoms with E-state index in [0.717, 1.165) is 61.6 Å². The third-order valence-corrected chi connectivity index (χ3v) is 8.65. The number of likely N-dealkylation sites (tertiary alicyclic amines) is 1. The molecule has 2 saturated heterocycles. The lowest BCUT2D eigenvalue weighted by Crippen LogP contribution is -2.54. The highest BCUT2D eigenvalue weighted by Gasteiger charge is 2.52. The molecule has 0 saturated carbocycles. The number of imidazole rings is 1. The van der Waals surface area contributed by atoms with Gasteiger partial charge in [-0.3, -0.25) is 4.79 Å². The van der Waals surface area contributed by atoms with Gasteiger partial charge in [0.05, 0.1) is 23.7 Å². The standard InChI is InChI=1S/C29H35N3O3/c1-20-30-23-9-5-6-10-24(23)32(20)15-12-26(33)31-16-13-29(14-17-31)18-22-27(34-19-29)21-8-4-7-11-25(21)35-28(22,2)3/h4-11,22,27H,12-19H2,1-3H3/t22-,27+/m0/s1. The van der Waals surface area contributed by atoms with Crippen LogP contribution in [0.15, 0.2) is 48.5 Å². The van der Waals surface area contributed by atoms with Crippen LogP contribution in [0.2, 0.25) is 0 Å². The van der Waals surface area contributed by atoms with Gasteiger partial charge in [-0.05, 0) is 63.6 Å². The zero-order valence-corrected chi connectivity index (χ0v) is 21.0. The van der Waals surface area contributed by atoms with E-state index in [1.807, 2.05) is 31.2 Å². The van der Waals surface area contributed by atoms with E-state index in [9.17, 15) is 4.79 Å². The molecule has 6 nitrogen and oxygen atoms in total. The van der Waals surface area contributed by atoms with Gasteiger partial charge < -0.3 is 18.9 Å². The molecule has 0 unspecified atom stereocenters. The topological polar surface area (TPSA) is 56.6 Å². The Bertz CT molecular complexity index is 1260. The normalized spacial score (nSPS) is 24.6. The molecule has 3 aliphatic rings. The minimum atomic E-state index is -0.273. The van der Waals surface area contributed by atoms with Crippen LogP contribution in [0.5, 0.6) is 5.75 Å². The van der Waals surface area contributed by atoms with Crippen LogP contribution in [0, 0.1) is 18.3 Å². The smallest absolute Gasteiger partial charge is 0.224 e. The van der Waals surface area contributed by atoms with Crippen molar-refractivity contribution in [2.24, 2.45) is 11.3 Å². The highest BCUT2D eigenvalue weighted by atomic mass is 16.5. The molecule has 6 heteroatoms. The molecular formula is C29H35N3O3. The Morgan fingerprint density at radius 3 is 2.66 bits per heavy atom. The lowest BCUT2D eigenvalue weighted by Gasteiger charge is -2.54. The number of hydrogen-bond donors (Lipinski definition) is 0. The Balaban J connectivity index is 1.10. The van der Waals surface area contributed by atoms with E-state index >= 15 is 0 Å². The second kappa shape index (κ2) is 8.37. The van der Waals surface area contributed by atoms with Gasteiger partial charge in [-0.25, -0.2) is 4.98 Å². The average molecular weight is 474 g/mol. The summed E-state index contributed by atoms with van der Waals surface area (Å²) in [5.41, 5.74) is 3.13. The minimum Gasteiger partial charge on any atom is -0.487 e. The number of ether oxygens (including phenoxy) is 2. The summed E-state index contributed by atoms with van der Waals surface area (Å²) in [6, 6.07) is 16.4. The number of aryl methyl sites for hydroxylation is 2. The Labute approximate surface area is 207 Å². The number of fused-ring (bicyclic) bond motifs is 4. The first-order chi connectivity index (χ1) is 16.9. The van der Waals surface area contributed by atoms with Gasteiger partial charge in [0.15, 0.2) is 0 Å². The van der Waals surface area contributed by atoms with Crippen molar-refractivity contribution in [1.29, 1.82) is 0 Å². The zero-order chi connectivity index (χ0) is 24.2. The molecule has 0 aliphatic carbocycles. The van der Waals surface area contributed by atoms with Gasteiger partial charge in [0.2, 0.25) is 5.91 Å². The molecule has 0 bridgehead atoms. The van der Waals surface area contributed by atoms with Gasteiger partial charge in [0, 0.05) is 37.5 Å². The molecule has 3 aliphatic heterocycles. The molecule has 4 heterocycles. The SMILES string of the molecule is Cc1nc2ccccc2n1CCC(=O)N1CCC2(CC1)CO[C@@H]1c3ccccc3OC(C)(C)[C@H]1C2. The Morgan fingerprint density at radius 2 is 1.83 bits per heavy atom. The van der Waals surface area contributed by atoms with E-state index in [-0.39, 0.29) is 23.0 Å². The highest BCUT2D eigenvalue weighted by molar-refractivity contribution is 5.78. The summed E-state index contributed by atoms with van der Waals surface area (Å²) in [6.45, 7) is 9.46. The van der Waals surface area contributed by atoms with Gasteiger partial charge in [-0.15, -0.1) is 0 Å². The lowest BCUT2D eigenvalue weighted by atomic mass is 9.64. The second-order valence-electron chi connectivity index (χ2n) is 11.2. The first-order valence-electron chi connectivity index (χ1n) is 12.9. The van der Waals surface area contributed by atoms with Crippen molar-refractivity contribution in [2.75, 3.05) is 19.7 Å². The van der Waals surface area contributed by atoms with Crippen molar-refractivity contribution in [3.63, 3.8) is 0 Å². The highest BCUT2D eigenvalue weighted by Crippen LogP contribution is 2.55. The summed E-state index contributed by atoms with van der Waals surface area (Å²) >= 11 is 0. The summed E-state index contributed by atoms with van der Waals surface area (Å²) < 4.78 is 15.2.